The van der Waals surface area contributed by atoms with Crippen molar-refractivity contribution in [2.45, 2.75) is 39.9 Å². The van der Waals surface area contributed by atoms with Gasteiger partial charge in [-0.2, -0.15) is 0 Å². The van der Waals surface area contributed by atoms with Gasteiger partial charge in [-0.25, -0.2) is 4.79 Å². The van der Waals surface area contributed by atoms with Gasteiger partial charge in [0, 0.05) is 16.2 Å². The van der Waals surface area contributed by atoms with Gasteiger partial charge in [0.15, 0.2) is 0 Å². The summed E-state index contributed by atoms with van der Waals surface area (Å²) < 4.78 is 12.3. The minimum absolute atomic E-state index is 0.0145. The van der Waals surface area contributed by atoms with Gasteiger partial charge in [0.25, 0.3) is 0 Å². The van der Waals surface area contributed by atoms with E-state index in [0.717, 1.165) is 10.1 Å². The molecule has 0 unspecified atom stereocenters. The molecule has 1 aromatic carbocycles. The number of ether oxygens (including phenoxy) is 2. The molecule has 0 spiro atoms. The zero-order chi connectivity index (χ0) is 17.6. The summed E-state index contributed by atoms with van der Waals surface area (Å²) in [5.41, 5.74) is 0. The zero-order valence-electron chi connectivity index (χ0n) is 14.5. The second kappa shape index (κ2) is 8.74. The van der Waals surface area contributed by atoms with Crippen molar-refractivity contribution in [2.24, 2.45) is 0 Å². The molecule has 1 heterocycles. The Morgan fingerprint density at radius 1 is 1.09 bits per heavy atom. The second-order valence-electron chi connectivity index (χ2n) is 5.58. The van der Waals surface area contributed by atoms with Crippen LogP contribution in [0.5, 0.6) is 11.5 Å². The molecule has 23 heavy (non-hydrogen) atoms. The maximum Gasteiger partial charge on any atom is 0.345 e. The average Bonchev–Trinajstić information content (AvgIpc) is 2.82. The smallest absolute Gasteiger partial charge is 0.345 e. The number of hydrogen-bond donors (Lipinski definition) is 2. The fourth-order valence-corrected chi connectivity index (χ4v) is 2.83. The lowest BCUT2D eigenvalue weighted by atomic mass is 10.2. The fourth-order valence-electron chi connectivity index (χ4n) is 1.88. The first-order valence-electron chi connectivity index (χ1n) is 7.51. The second-order valence-corrected chi connectivity index (χ2v) is 6.67. The molecule has 0 amide bonds. The normalized spacial score (nSPS) is 10.6. The third-order valence-corrected chi connectivity index (χ3v) is 3.59. The van der Waals surface area contributed by atoms with Gasteiger partial charge in [0.1, 0.15) is 16.4 Å². The molecule has 0 bridgehead atoms. The molecule has 0 saturated carbocycles. The molecule has 0 fully saturated rings. The Hall–Kier alpha value is -1.79. The molecule has 2 aromatic rings. The lowest BCUT2D eigenvalue weighted by Gasteiger charge is -2.14. The van der Waals surface area contributed by atoms with Crippen LogP contribution in [0.25, 0.3) is 10.1 Å². The van der Waals surface area contributed by atoms with E-state index in [0.29, 0.717) is 16.4 Å². The highest BCUT2D eigenvalue weighted by Crippen LogP contribution is 2.37. The van der Waals surface area contributed by atoms with Gasteiger partial charge < -0.3 is 19.9 Å². The van der Waals surface area contributed by atoms with Crippen molar-refractivity contribution in [3.8, 4) is 11.5 Å². The molecule has 0 radical (unpaired) electrons. The molecule has 2 rings (SSSR count). The number of nitrogens with one attached hydrogen (secondary N) is 1. The highest BCUT2D eigenvalue weighted by molar-refractivity contribution is 7.20. The Kier molecular flexibility index (Phi) is 7.32. The summed E-state index contributed by atoms with van der Waals surface area (Å²) in [6.07, 6.45) is 0.0685. The molecule has 0 atom stereocenters. The summed E-state index contributed by atoms with van der Waals surface area (Å²) in [6, 6.07) is 5.33. The van der Waals surface area contributed by atoms with Crippen molar-refractivity contribution in [1.82, 2.24) is 5.32 Å². The summed E-state index contributed by atoms with van der Waals surface area (Å²) >= 11 is 1.23. The van der Waals surface area contributed by atoms with Crippen LogP contribution in [0.1, 0.15) is 37.4 Å². The maximum atomic E-state index is 11.1. The number of thiophene rings is 1. The van der Waals surface area contributed by atoms with Crippen molar-refractivity contribution < 1.29 is 19.4 Å². The first kappa shape index (κ1) is 19.3. The van der Waals surface area contributed by atoms with Gasteiger partial charge in [0.2, 0.25) is 0 Å². The number of aromatic carboxylic acids is 1. The molecule has 0 aliphatic carbocycles. The quantitative estimate of drug-likeness (QED) is 0.861. The molecule has 5 nitrogen and oxygen atoms in total. The van der Waals surface area contributed by atoms with Gasteiger partial charge >= 0.3 is 5.97 Å². The van der Waals surface area contributed by atoms with Crippen LogP contribution in [0.15, 0.2) is 18.2 Å². The zero-order valence-corrected chi connectivity index (χ0v) is 15.3. The number of hydrogen-bond acceptors (Lipinski definition) is 5. The summed E-state index contributed by atoms with van der Waals surface area (Å²) in [5, 5.41) is 12.7. The topological polar surface area (TPSA) is 67.8 Å². The van der Waals surface area contributed by atoms with E-state index in [1.165, 1.54) is 11.3 Å². The van der Waals surface area contributed by atoms with Gasteiger partial charge in [-0.15, -0.1) is 11.3 Å². The van der Waals surface area contributed by atoms with E-state index in [4.69, 9.17) is 14.6 Å². The van der Waals surface area contributed by atoms with Crippen molar-refractivity contribution in [1.29, 1.82) is 0 Å². The van der Waals surface area contributed by atoms with Crippen LogP contribution in [-0.2, 0) is 0 Å². The third kappa shape index (κ3) is 5.73. The van der Waals surface area contributed by atoms with Gasteiger partial charge in [-0.3, -0.25) is 0 Å². The summed E-state index contributed by atoms with van der Waals surface area (Å²) in [6.45, 7) is 7.77. The van der Waals surface area contributed by atoms with Crippen LogP contribution in [0.3, 0.4) is 0 Å². The van der Waals surface area contributed by atoms with E-state index in [2.05, 4.69) is 5.32 Å². The molecular weight excluding hydrogens is 314 g/mol. The van der Waals surface area contributed by atoms with Crippen molar-refractivity contribution in [2.75, 3.05) is 14.1 Å². The van der Waals surface area contributed by atoms with E-state index >= 15 is 0 Å². The highest BCUT2D eigenvalue weighted by Gasteiger charge is 2.15. The van der Waals surface area contributed by atoms with Crippen molar-refractivity contribution in [3.05, 3.63) is 23.1 Å². The monoisotopic (exact) mass is 339 g/mol. The van der Waals surface area contributed by atoms with Crippen molar-refractivity contribution in [3.63, 3.8) is 0 Å². The number of fused-ring (bicyclic) bond motifs is 1. The van der Waals surface area contributed by atoms with Crippen LogP contribution < -0.4 is 14.8 Å². The van der Waals surface area contributed by atoms with Crippen LogP contribution in [0.4, 0.5) is 0 Å². The van der Waals surface area contributed by atoms with Gasteiger partial charge in [-0.05, 0) is 53.9 Å². The Balaban J connectivity index is 0.000000816. The van der Waals surface area contributed by atoms with Crippen LogP contribution in [-0.4, -0.2) is 37.4 Å². The van der Waals surface area contributed by atoms with E-state index in [1.54, 1.807) is 6.07 Å². The summed E-state index contributed by atoms with van der Waals surface area (Å²) in [7, 11) is 3.75. The molecular formula is C17H25NO4S. The number of carboxylic acid groups (broad SMARTS) is 1. The molecule has 6 heteroatoms. The molecule has 0 aliphatic rings. The fraction of sp³-hybridized carbons (Fsp3) is 0.471. The molecule has 0 aliphatic heterocycles. The van der Waals surface area contributed by atoms with Gasteiger partial charge in [-0.1, -0.05) is 0 Å². The van der Waals surface area contributed by atoms with E-state index in [1.807, 2.05) is 53.9 Å². The lowest BCUT2D eigenvalue weighted by molar-refractivity contribution is 0.0702. The number of benzene rings is 1. The minimum Gasteiger partial charge on any atom is -0.491 e. The van der Waals surface area contributed by atoms with Crippen LogP contribution in [0.2, 0.25) is 0 Å². The number of carbonyl (C=O) groups is 1. The first-order chi connectivity index (χ1) is 10.8. The first-order valence-corrected chi connectivity index (χ1v) is 8.32. The molecule has 1 aromatic heterocycles. The Morgan fingerprint density at radius 3 is 2.13 bits per heavy atom. The van der Waals surface area contributed by atoms with E-state index < -0.39 is 5.97 Å². The predicted octanol–water partition coefficient (Wildman–Crippen LogP) is 4.01. The molecule has 2 N–H and O–H groups in total. The predicted molar refractivity (Wildman–Crippen MR) is 95.3 cm³/mol. The average molecular weight is 339 g/mol. The van der Waals surface area contributed by atoms with E-state index in [9.17, 15) is 4.79 Å². The molecule has 0 saturated heterocycles. The Labute approximate surface area is 141 Å². The largest absolute Gasteiger partial charge is 0.491 e. The number of rotatable bonds is 5. The highest BCUT2D eigenvalue weighted by atomic mass is 32.1. The lowest BCUT2D eigenvalue weighted by Crippen LogP contribution is -2.08. The third-order valence-electron chi connectivity index (χ3n) is 2.52. The summed E-state index contributed by atoms with van der Waals surface area (Å²) in [4.78, 5) is 11.4. The van der Waals surface area contributed by atoms with Crippen LogP contribution in [0, 0.1) is 0 Å². The molecule has 128 valence electrons. The van der Waals surface area contributed by atoms with Gasteiger partial charge in [0.05, 0.1) is 12.2 Å². The Bertz CT molecular complexity index is 649. The van der Waals surface area contributed by atoms with Crippen molar-refractivity contribution >= 4 is 27.4 Å². The minimum atomic E-state index is -0.923. The maximum absolute atomic E-state index is 11.1. The van der Waals surface area contributed by atoms with Crippen LogP contribution >= 0.6 is 11.3 Å². The standard InChI is InChI=1S/C15H18O4S.C2H7N/c1-8(2)18-10-5-12(19-9(3)4)11-7-14(15(16)17)20-13(11)6-10;1-3-2/h5-9H,1-4H3,(H,16,17);3H,1-2H3. The van der Waals surface area contributed by atoms with E-state index in [-0.39, 0.29) is 12.2 Å². The number of carboxylic acids is 1. The summed E-state index contributed by atoms with van der Waals surface area (Å²) in [5.74, 6) is 0.437. The SMILES string of the molecule is CC(C)Oc1cc(OC(C)C)c2cc(C(=O)O)sc2c1.CNC. The Morgan fingerprint density at radius 2 is 1.65 bits per heavy atom.